The Hall–Kier alpha value is -0.0800. The predicted octanol–water partition coefficient (Wildman–Crippen LogP) is 1.52. The lowest BCUT2D eigenvalue weighted by Crippen LogP contribution is -2.50. The first-order valence-corrected chi connectivity index (χ1v) is 4.90. The molecular formula is C10H21NO. The minimum Gasteiger partial charge on any atom is -0.389 e. The Kier molecular flexibility index (Phi) is 2.50. The van der Waals surface area contributed by atoms with Crippen LogP contribution in [-0.4, -0.2) is 17.3 Å². The number of hydrogen-bond acceptors (Lipinski definition) is 2. The van der Waals surface area contributed by atoms with Gasteiger partial charge in [-0.3, -0.25) is 0 Å². The molecule has 1 aliphatic carbocycles. The summed E-state index contributed by atoms with van der Waals surface area (Å²) in [5, 5.41) is 10.4. The second-order valence-electron chi connectivity index (χ2n) is 4.64. The van der Waals surface area contributed by atoms with Crippen molar-refractivity contribution in [3.8, 4) is 0 Å². The molecule has 0 aromatic heterocycles. The molecule has 12 heavy (non-hydrogen) atoms. The van der Waals surface area contributed by atoms with E-state index in [1.54, 1.807) is 0 Å². The van der Waals surface area contributed by atoms with Crippen LogP contribution in [0, 0.1) is 11.3 Å². The summed E-state index contributed by atoms with van der Waals surface area (Å²) in [6.07, 6.45) is 3.17. The average molecular weight is 171 g/mol. The predicted molar refractivity (Wildman–Crippen MR) is 50.8 cm³/mol. The first-order chi connectivity index (χ1) is 5.48. The van der Waals surface area contributed by atoms with Gasteiger partial charge in [-0.25, -0.2) is 0 Å². The third kappa shape index (κ3) is 1.38. The molecule has 1 atom stereocenters. The maximum absolute atomic E-state index is 10.4. The van der Waals surface area contributed by atoms with Gasteiger partial charge in [0.25, 0.3) is 0 Å². The summed E-state index contributed by atoms with van der Waals surface area (Å²) in [5.74, 6) is 0.501. The third-order valence-corrected chi connectivity index (χ3v) is 3.47. The van der Waals surface area contributed by atoms with E-state index in [2.05, 4.69) is 20.8 Å². The fraction of sp³-hybridized carbons (Fsp3) is 1.00. The topological polar surface area (TPSA) is 46.2 Å². The van der Waals surface area contributed by atoms with Crippen molar-refractivity contribution in [2.75, 3.05) is 6.54 Å². The monoisotopic (exact) mass is 171 g/mol. The molecule has 0 aromatic carbocycles. The Bertz CT molecular complexity index is 163. The van der Waals surface area contributed by atoms with Gasteiger partial charge in [-0.1, -0.05) is 20.8 Å². The Labute approximate surface area is 75.2 Å². The largest absolute Gasteiger partial charge is 0.389 e. The Morgan fingerprint density at radius 1 is 1.42 bits per heavy atom. The van der Waals surface area contributed by atoms with Crippen LogP contribution in [0.2, 0.25) is 0 Å². The molecule has 1 unspecified atom stereocenters. The van der Waals surface area contributed by atoms with Gasteiger partial charge in [0.15, 0.2) is 0 Å². The molecular weight excluding hydrogens is 150 g/mol. The lowest BCUT2D eigenvalue weighted by Gasteiger charge is -2.42. The van der Waals surface area contributed by atoms with Crippen molar-refractivity contribution in [3.63, 3.8) is 0 Å². The van der Waals surface area contributed by atoms with E-state index in [0.29, 0.717) is 12.5 Å². The smallest absolute Gasteiger partial charge is 0.0735 e. The van der Waals surface area contributed by atoms with Gasteiger partial charge in [-0.2, -0.15) is 0 Å². The minimum absolute atomic E-state index is 0.136. The molecule has 0 aromatic rings. The van der Waals surface area contributed by atoms with Gasteiger partial charge in [0.05, 0.1) is 5.60 Å². The van der Waals surface area contributed by atoms with Crippen LogP contribution in [-0.2, 0) is 0 Å². The lowest BCUT2D eigenvalue weighted by atomic mass is 9.70. The van der Waals surface area contributed by atoms with Crippen LogP contribution < -0.4 is 5.73 Å². The van der Waals surface area contributed by atoms with Crippen LogP contribution in [0.5, 0.6) is 0 Å². The van der Waals surface area contributed by atoms with Crippen LogP contribution in [0.25, 0.3) is 0 Å². The van der Waals surface area contributed by atoms with E-state index in [0.717, 1.165) is 6.42 Å². The summed E-state index contributed by atoms with van der Waals surface area (Å²) in [6.45, 7) is 6.74. The molecule has 1 fully saturated rings. The molecule has 3 N–H and O–H groups in total. The Morgan fingerprint density at radius 2 is 1.92 bits per heavy atom. The third-order valence-electron chi connectivity index (χ3n) is 3.47. The van der Waals surface area contributed by atoms with Gasteiger partial charge in [0, 0.05) is 12.0 Å². The molecule has 0 bridgehead atoms. The first kappa shape index (κ1) is 10.0. The quantitative estimate of drug-likeness (QED) is 0.673. The molecule has 1 saturated carbocycles. The maximum atomic E-state index is 10.4. The molecule has 1 rings (SSSR count). The van der Waals surface area contributed by atoms with Crippen molar-refractivity contribution in [2.24, 2.45) is 17.1 Å². The minimum atomic E-state index is -0.526. The Balaban J connectivity index is 2.77. The van der Waals surface area contributed by atoms with E-state index in [-0.39, 0.29) is 5.41 Å². The highest BCUT2D eigenvalue weighted by Crippen LogP contribution is 2.50. The highest BCUT2D eigenvalue weighted by atomic mass is 16.3. The molecule has 2 nitrogen and oxygen atoms in total. The zero-order chi connectivity index (χ0) is 9.41. The van der Waals surface area contributed by atoms with Gasteiger partial charge in [0.2, 0.25) is 0 Å². The zero-order valence-corrected chi connectivity index (χ0v) is 8.43. The molecule has 1 aliphatic rings. The van der Waals surface area contributed by atoms with Gasteiger partial charge < -0.3 is 10.8 Å². The highest BCUT2D eigenvalue weighted by molar-refractivity contribution is 5.03. The van der Waals surface area contributed by atoms with E-state index in [4.69, 9.17) is 5.73 Å². The van der Waals surface area contributed by atoms with E-state index < -0.39 is 5.60 Å². The fourth-order valence-corrected chi connectivity index (χ4v) is 2.06. The maximum Gasteiger partial charge on any atom is 0.0735 e. The van der Waals surface area contributed by atoms with E-state index >= 15 is 0 Å². The van der Waals surface area contributed by atoms with Crippen LogP contribution in [0.1, 0.15) is 40.0 Å². The first-order valence-electron chi connectivity index (χ1n) is 4.90. The molecule has 0 amide bonds. The zero-order valence-electron chi connectivity index (χ0n) is 8.43. The van der Waals surface area contributed by atoms with Gasteiger partial charge in [-0.05, 0) is 25.2 Å². The van der Waals surface area contributed by atoms with Crippen molar-refractivity contribution in [1.29, 1.82) is 0 Å². The highest BCUT2D eigenvalue weighted by Gasteiger charge is 2.51. The number of rotatable bonds is 4. The van der Waals surface area contributed by atoms with Crippen LogP contribution in [0.15, 0.2) is 0 Å². The fourth-order valence-electron chi connectivity index (χ4n) is 2.06. The summed E-state index contributed by atoms with van der Waals surface area (Å²) in [5.41, 5.74) is 5.01. The second-order valence-corrected chi connectivity index (χ2v) is 4.64. The van der Waals surface area contributed by atoms with E-state index in [9.17, 15) is 5.11 Å². The molecule has 0 aliphatic heterocycles. The average Bonchev–Trinajstić information content (AvgIpc) is 2.85. The standard InChI is InChI=1S/C10H21NO/c1-4-10(12,8-5-6-8)9(2,3)7-11/h8,12H,4-7,11H2,1-3H3. The normalized spacial score (nSPS) is 23.8. The van der Waals surface area contributed by atoms with E-state index in [1.807, 2.05) is 0 Å². The van der Waals surface area contributed by atoms with Gasteiger partial charge >= 0.3 is 0 Å². The van der Waals surface area contributed by atoms with Crippen molar-refractivity contribution < 1.29 is 5.11 Å². The summed E-state index contributed by atoms with van der Waals surface area (Å²) in [6, 6.07) is 0. The second kappa shape index (κ2) is 3.00. The van der Waals surface area contributed by atoms with Crippen molar-refractivity contribution >= 4 is 0 Å². The summed E-state index contributed by atoms with van der Waals surface area (Å²) < 4.78 is 0. The van der Waals surface area contributed by atoms with Crippen LogP contribution >= 0.6 is 0 Å². The summed E-state index contributed by atoms with van der Waals surface area (Å²) in [4.78, 5) is 0. The van der Waals surface area contributed by atoms with Gasteiger partial charge in [-0.15, -0.1) is 0 Å². The molecule has 72 valence electrons. The molecule has 0 radical (unpaired) electrons. The molecule has 0 saturated heterocycles. The Morgan fingerprint density at radius 3 is 2.17 bits per heavy atom. The molecule has 2 heteroatoms. The summed E-state index contributed by atoms with van der Waals surface area (Å²) >= 11 is 0. The number of nitrogens with two attached hydrogens (primary N) is 1. The molecule has 0 spiro atoms. The van der Waals surface area contributed by atoms with Crippen molar-refractivity contribution in [2.45, 2.75) is 45.6 Å². The van der Waals surface area contributed by atoms with Crippen molar-refractivity contribution in [3.05, 3.63) is 0 Å². The SMILES string of the molecule is CCC(O)(C1CC1)C(C)(C)CN. The van der Waals surface area contributed by atoms with Crippen LogP contribution in [0.3, 0.4) is 0 Å². The van der Waals surface area contributed by atoms with Crippen LogP contribution in [0.4, 0.5) is 0 Å². The number of aliphatic hydroxyl groups is 1. The lowest BCUT2D eigenvalue weighted by molar-refractivity contribution is -0.0839. The van der Waals surface area contributed by atoms with Gasteiger partial charge in [0.1, 0.15) is 0 Å². The van der Waals surface area contributed by atoms with Crippen molar-refractivity contribution in [1.82, 2.24) is 0 Å². The number of hydrogen-bond donors (Lipinski definition) is 2. The van der Waals surface area contributed by atoms with E-state index in [1.165, 1.54) is 12.8 Å². The summed E-state index contributed by atoms with van der Waals surface area (Å²) in [7, 11) is 0. The molecule has 0 heterocycles.